The molecular formula is C17H27NO5. The fourth-order valence-electron chi connectivity index (χ4n) is 5.52. The summed E-state index contributed by atoms with van der Waals surface area (Å²) >= 11 is 0. The molecule has 1 amide bonds. The molecule has 6 nitrogen and oxygen atoms in total. The van der Waals surface area contributed by atoms with Crippen molar-refractivity contribution in [1.29, 1.82) is 0 Å². The van der Waals surface area contributed by atoms with Gasteiger partial charge in [0.15, 0.2) is 0 Å². The van der Waals surface area contributed by atoms with Crippen molar-refractivity contribution in [3.8, 4) is 0 Å². The fraction of sp³-hybridized carbons (Fsp3) is 0.882. The Hall–Kier alpha value is -1.30. The second kappa shape index (κ2) is 5.10. The van der Waals surface area contributed by atoms with Crippen LogP contribution >= 0.6 is 0 Å². The topological polar surface area (TPSA) is 95.9 Å². The molecular weight excluding hydrogens is 298 g/mol. The quantitative estimate of drug-likeness (QED) is 0.740. The zero-order valence-electron chi connectivity index (χ0n) is 14.1. The minimum Gasteiger partial charge on any atom is -0.480 e. The zero-order chi connectivity index (χ0) is 17.0. The van der Waals surface area contributed by atoms with E-state index in [9.17, 15) is 19.8 Å². The highest BCUT2D eigenvalue weighted by atomic mass is 16.6. The van der Waals surface area contributed by atoms with Gasteiger partial charge in [0.2, 0.25) is 0 Å². The molecule has 4 rings (SSSR count). The third-order valence-electron chi connectivity index (χ3n) is 5.60. The Kier molecular flexibility index (Phi) is 3.67. The van der Waals surface area contributed by atoms with Crippen LogP contribution < -0.4 is 5.32 Å². The van der Waals surface area contributed by atoms with Gasteiger partial charge in [0.25, 0.3) is 0 Å². The molecule has 0 aromatic rings. The molecule has 0 spiro atoms. The van der Waals surface area contributed by atoms with E-state index in [2.05, 4.69) is 5.32 Å². The second-order valence-electron chi connectivity index (χ2n) is 8.97. The Bertz CT molecular complexity index is 510. The van der Waals surface area contributed by atoms with Gasteiger partial charge in [-0.1, -0.05) is 0 Å². The molecule has 0 saturated heterocycles. The van der Waals surface area contributed by atoms with Crippen LogP contribution in [-0.4, -0.2) is 39.5 Å². The number of carboxylic acid groups (broad SMARTS) is 1. The van der Waals surface area contributed by atoms with E-state index in [0.717, 1.165) is 32.1 Å². The van der Waals surface area contributed by atoms with Crippen molar-refractivity contribution in [2.45, 2.75) is 76.5 Å². The van der Waals surface area contributed by atoms with Gasteiger partial charge in [-0.3, -0.25) is 0 Å². The number of hydrogen-bond donors (Lipinski definition) is 3. The van der Waals surface area contributed by atoms with Gasteiger partial charge >= 0.3 is 12.1 Å². The van der Waals surface area contributed by atoms with Crippen LogP contribution in [0, 0.1) is 17.3 Å². The summed E-state index contributed by atoms with van der Waals surface area (Å²) in [5.74, 6) is -0.312. The number of ether oxygens (including phenoxy) is 1. The number of aliphatic carboxylic acids is 1. The summed E-state index contributed by atoms with van der Waals surface area (Å²) in [6.07, 6.45) is 3.89. The number of aliphatic hydroxyl groups is 1. The summed E-state index contributed by atoms with van der Waals surface area (Å²) in [5.41, 5.74) is -1.98. The first kappa shape index (κ1) is 16.6. The lowest BCUT2D eigenvalue weighted by atomic mass is 9.46. The van der Waals surface area contributed by atoms with Crippen LogP contribution in [-0.2, 0) is 9.53 Å². The Morgan fingerprint density at radius 3 is 2.17 bits per heavy atom. The molecule has 4 saturated carbocycles. The molecule has 4 fully saturated rings. The highest BCUT2D eigenvalue weighted by molar-refractivity contribution is 5.81. The summed E-state index contributed by atoms with van der Waals surface area (Å²) in [5, 5.41) is 23.1. The maximum absolute atomic E-state index is 12.1. The van der Waals surface area contributed by atoms with E-state index in [1.807, 2.05) is 0 Å². The van der Waals surface area contributed by atoms with Gasteiger partial charge in [0.05, 0.1) is 5.60 Å². The number of carbonyl (C=O) groups excluding carboxylic acids is 1. The lowest BCUT2D eigenvalue weighted by Gasteiger charge is -2.61. The number of rotatable bonds is 3. The number of nitrogens with one attached hydrogen (secondary N) is 1. The summed E-state index contributed by atoms with van der Waals surface area (Å²) in [7, 11) is 0. The monoisotopic (exact) mass is 325 g/mol. The Morgan fingerprint density at radius 2 is 1.74 bits per heavy atom. The molecule has 130 valence electrons. The number of hydrogen-bond acceptors (Lipinski definition) is 4. The van der Waals surface area contributed by atoms with E-state index < -0.39 is 34.7 Å². The van der Waals surface area contributed by atoms with Crippen molar-refractivity contribution in [1.82, 2.24) is 5.32 Å². The summed E-state index contributed by atoms with van der Waals surface area (Å²) in [4.78, 5) is 24.0. The smallest absolute Gasteiger partial charge is 0.408 e. The molecule has 2 unspecified atom stereocenters. The Labute approximate surface area is 136 Å². The predicted molar refractivity (Wildman–Crippen MR) is 82.9 cm³/mol. The van der Waals surface area contributed by atoms with Gasteiger partial charge in [0.1, 0.15) is 11.6 Å². The van der Waals surface area contributed by atoms with E-state index in [1.165, 1.54) is 0 Å². The van der Waals surface area contributed by atoms with Crippen LogP contribution in [0.1, 0.15) is 59.3 Å². The van der Waals surface area contributed by atoms with E-state index >= 15 is 0 Å². The van der Waals surface area contributed by atoms with Crippen molar-refractivity contribution in [3.63, 3.8) is 0 Å². The molecule has 4 aliphatic carbocycles. The van der Waals surface area contributed by atoms with Crippen molar-refractivity contribution in [3.05, 3.63) is 0 Å². The van der Waals surface area contributed by atoms with Gasteiger partial charge in [-0.25, -0.2) is 9.59 Å². The lowest BCUT2D eigenvalue weighted by molar-refractivity contribution is -0.182. The Morgan fingerprint density at radius 1 is 1.17 bits per heavy atom. The van der Waals surface area contributed by atoms with Gasteiger partial charge < -0.3 is 20.3 Å². The number of carbonyl (C=O) groups is 2. The highest BCUT2D eigenvalue weighted by Gasteiger charge is 2.61. The average Bonchev–Trinajstić information content (AvgIpc) is 2.29. The largest absolute Gasteiger partial charge is 0.480 e. The molecule has 3 N–H and O–H groups in total. The van der Waals surface area contributed by atoms with Gasteiger partial charge in [-0.05, 0) is 71.1 Å². The molecule has 23 heavy (non-hydrogen) atoms. The first-order chi connectivity index (χ1) is 10.5. The van der Waals surface area contributed by atoms with Crippen molar-refractivity contribution < 1.29 is 24.5 Å². The van der Waals surface area contributed by atoms with Gasteiger partial charge in [0, 0.05) is 5.41 Å². The van der Waals surface area contributed by atoms with Crippen LogP contribution in [0.25, 0.3) is 0 Å². The van der Waals surface area contributed by atoms with Crippen LogP contribution in [0.15, 0.2) is 0 Å². The molecule has 4 aliphatic rings. The number of amides is 1. The highest BCUT2D eigenvalue weighted by Crippen LogP contribution is 2.62. The van der Waals surface area contributed by atoms with E-state index in [4.69, 9.17) is 4.74 Å². The Balaban J connectivity index is 1.81. The SMILES string of the molecule is CC(C)(C)OC(=O)N[C@@H](C(=O)O)C12CC3CC(CC(O)(C3)C1)C2. The van der Waals surface area contributed by atoms with E-state index in [-0.39, 0.29) is 0 Å². The minimum absolute atomic E-state index is 0.364. The van der Waals surface area contributed by atoms with E-state index in [1.54, 1.807) is 20.8 Å². The molecule has 0 aromatic heterocycles. The summed E-state index contributed by atoms with van der Waals surface area (Å²) in [6.45, 7) is 5.24. The third kappa shape index (κ3) is 3.18. The maximum Gasteiger partial charge on any atom is 0.408 e. The first-order valence-corrected chi connectivity index (χ1v) is 8.45. The molecule has 0 heterocycles. The number of carboxylic acids is 1. The number of alkyl carbamates (subject to hydrolysis) is 1. The molecule has 0 radical (unpaired) electrons. The molecule has 6 heteroatoms. The fourth-order valence-corrected chi connectivity index (χ4v) is 5.52. The summed E-state index contributed by atoms with van der Waals surface area (Å²) < 4.78 is 5.23. The third-order valence-corrected chi connectivity index (χ3v) is 5.60. The average molecular weight is 325 g/mol. The predicted octanol–water partition coefficient (Wildman–Crippen LogP) is 2.30. The normalized spacial score (nSPS) is 39.8. The standard InChI is InChI=1S/C17H27NO5/c1-15(2,3)23-14(21)18-12(13(19)20)16-5-10-4-11(6-16)8-17(22,7-10)9-16/h10-12,22H,4-9H2,1-3H3,(H,18,21)(H,19,20)/t10?,11?,12-,16?,17?/m0/s1. The molecule has 4 bridgehead atoms. The van der Waals surface area contributed by atoms with E-state index in [0.29, 0.717) is 18.3 Å². The summed E-state index contributed by atoms with van der Waals surface area (Å²) in [6, 6.07) is -1.00. The van der Waals surface area contributed by atoms with Crippen LogP contribution in [0.3, 0.4) is 0 Å². The van der Waals surface area contributed by atoms with Gasteiger partial charge in [-0.2, -0.15) is 0 Å². The minimum atomic E-state index is -1.04. The van der Waals surface area contributed by atoms with Crippen LogP contribution in [0.5, 0.6) is 0 Å². The van der Waals surface area contributed by atoms with Crippen molar-refractivity contribution in [2.75, 3.05) is 0 Å². The van der Waals surface area contributed by atoms with Crippen LogP contribution in [0.4, 0.5) is 4.79 Å². The molecule has 0 aromatic carbocycles. The van der Waals surface area contributed by atoms with Gasteiger partial charge in [-0.15, -0.1) is 0 Å². The second-order valence-corrected chi connectivity index (χ2v) is 8.97. The molecule has 3 atom stereocenters. The van der Waals surface area contributed by atoms with Crippen molar-refractivity contribution >= 4 is 12.1 Å². The van der Waals surface area contributed by atoms with Crippen molar-refractivity contribution in [2.24, 2.45) is 17.3 Å². The first-order valence-electron chi connectivity index (χ1n) is 8.45. The maximum atomic E-state index is 12.1. The van der Waals surface area contributed by atoms with Crippen LogP contribution in [0.2, 0.25) is 0 Å². The lowest BCUT2D eigenvalue weighted by Crippen LogP contribution is -2.64. The molecule has 0 aliphatic heterocycles. The zero-order valence-corrected chi connectivity index (χ0v) is 14.1.